The van der Waals surface area contributed by atoms with Crippen LogP contribution in [0.25, 0.3) is 10.2 Å². The van der Waals surface area contributed by atoms with Gasteiger partial charge in [0.05, 0.1) is 11.2 Å². The molecule has 0 aliphatic carbocycles. The summed E-state index contributed by atoms with van der Waals surface area (Å²) >= 11 is 0.851. The second kappa shape index (κ2) is 13.6. The monoisotopic (exact) mass is 543 g/mol. The smallest absolute Gasteiger partial charge is 0.305 e. The van der Waals surface area contributed by atoms with Crippen LogP contribution in [-0.4, -0.2) is 57.9 Å². The first kappa shape index (κ1) is 29.6. The van der Waals surface area contributed by atoms with Crippen molar-refractivity contribution in [1.82, 2.24) is 15.2 Å². The van der Waals surface area contributed by atoms with E-state index in [1.54, 1.807) is 0 Å². The Balaban J connectivity index is 0.00000216. The Morgan fingerprint density at radius 2 is 1.69 bits per heavy atom. The van der Waals surface area contributed by atoms with Gasteiger partial charge in [0.1, 0.15) is 11.3 Å². The number of aromatic hydroxyl groups is 1. The highest BCUT2D eigenvalue weighted by Gasteiger charge is 2.29. The lowest BCUT2D eigenvalue weighted by atomic mass is 10.0. The molecule has 1 aliphatic heterocycles. The molecule has 35 heavy (non-hydrogen) atoms. The zero-order valence-corrected chi connectivity index (χ0v) is 22.1. The zero-order valence-electron chi connectivity index (χ0n) is 19.7. The van der Waals surface area contributed by atoms with Crippen molar-refractivity contribution in [1.29, 1.82) is 0 Å². The van der Waals surface area contributed by atoms with Crippen molar-refractivity contribution >= 4 is 46.4 Å². The first-order valence-electron chi connectivity index (χ1n) is 11.7. The molecule has 10 heteroatoms. The minimum Gasteiger partial charge on any atom is -0.506 e. The molecule has 5 N–H and O–H groups in total. The van der Waals surface area contributed by atoms with Crippen LogP contribution in [0.1, 0.15) is 42.4 Å². The van der Waals surface area contributed by atoms with Gasteiger partial charge in [0.15, 0.2) is 0 Å². The second-order valence-corrected chi connectivity index (χ2v) is 9.90. The summed E-state index contributed by atoms with van der Waals surface area (Å²) in [6.45, 7) is 4.02. The molecule has 4 rings (SSSR count). The average molecular weight is 545 g/mol. The van der Waals surface area contributed by atoms with Crippen LogP contribution in [0.4, 0.5) is 0 Å². The summed E-state index contributed by atoms with van der Waals surface area (Å²) in [6.07, 6.45) is 7.14. The highest BCUT2D eigenvalue weighted by atomic mass is 35.5. The van der Waals surface area contributed by atoms with E-state index in [0.717, 1.165) is 30.7 Å². The Morgan fingerprint density at radius 3 is 2.40 bits per heavy atom. The first-order chi connectivity index (χ1) is 15.9. The van der Waals surface area contributed by atoms with Crippen molar-refractivity contribution < 1.29 is 15.3 Å². The summed E-state index contributed by atoms with van der Waals surface area (Å²) in [7, 11) is 0. The number of hydrogen-bond donors (Lipinski definition) is 5. The van der Waals surface area contributed by atoms with Crippen LogP contribution in [0, 0.1) is 0 Å². The van der Waals surface area contributed by atoms with E-state index < -0.39 is 5.79 Å². The maximum atomic E-state index is 11.7. The molecule has 194 valence electrons. The van der Waals surface area contributed by atoms with Crippen molar-refractivity contribution in [2.45, 2.75) is 44.3 Å². The number of aliphatic hydroxyl groups is 2. The van der Waals surface area contributed by atoms with Crippen LogP contribution in [0.3, 0.4) is 0 Å². The van der Waals surface area contributed by atoms with E-state index in [-0.39, 0.29) is 53.1 Å². The minimum atomic E-state index is -2.16. The molecule has 3 aromatic rings. The molecular formula is C25H35Cl2N3O4S. The van der Waals surface area contributed by atoms with Gasteiger partial charge in [-0.25, -0.2) is 0 Å². The van der Waals surface area contributed by atoms with E-state index in [2.05, 4.69) is 39.5 Å². The minimum absolute atomic E-state index is 0. The average Bonchev–Trinajstić information content (AvgIpc) is 3.01. The summed E-state index contributed by atoms with van der Waals surface area (Å²) < 4.78 is 0.351. The number of H-pyrrole nitrogens is 1. The molecule has 0 atom stereocenters. The van der Waals surface area contributed by atoms with Crippen molar-refractivity contribution in [3.8, 4) is 5.75 Å². The lowest BCUT2D eigenvalue weighted by Gasteiger charge is -2.23. The van der Waals surface area contributed by atoms with Gasteiger partial charge in [0.25, 0.3) is 0 Å². The molecule has 2 aromatic carbocycles. The van der Waals surface area contributed by atoms with Crippen LogP contribution < -0.4 is 10.2 Å². The highest BCUT2D eigenvalue weighted by Crippen LogP contribution is 2.32. The number of nitrogens with one attached hydrogen (secondary N) is 2. The predicted molar refractivity (Wildman–Crippen MR) is 146 cm³/mol. The number of benzene rings is 2. The Hall–Kier alpha value is -1.65. The summed E-state index contributed by atoms with van der Waals surface area (Å²) in [5.74, 6) is -2.25. The van der Waals surface area contributed by atoms with Crippen molar-refractivity contribution in [3.63, 3.8) is 0 Å². The molecule has 7 nitrogen and oxygen atoms in total. The third-order valence-corrected chi connectivity index (χ3v) is 7.27. The molecular weight excluding hydrogens is 509 g/mol. The molecule has 1 aliphatic rings. The number of thiazole rings is 1. The van der Waals surface area contributed by atoms with E-state index in [1.807, 2.05) is 0 Å². The number of fused-ring (bicyclic) bond motifs is 1. The van der Waals surface area contributed by atoms with Crippen LogP contribution in [-0.2, 0) is 18.6 Å². The summed E-state index contributed by atoms with van der Waals surface area (Å²) in [4.78, 5) is 16.4. The van der Waals surface area contributed by atoms with Gasteiger partial charge in [-0.05, 0) is 68.6 Å². The molecule has 0 amide bonds. The van der Waals surface area contributed by atoms with Gasteiger partial charge < -0.3 is 30.5 Å². The molecule has 1 aromatic heterocycles. The largest absolute Gasteiger partial charge is 0.506 e. The number of hydrogen-bond acceptors (Lipinski definition) is 7. The Bertz CT molecular complexity index is 1130. The van der Waals surface area contributed by atoms with Gasteiger partial charge in [-0.1, -0.05) is 48.4 Å². The third kappa shape index (κ3) is 7.92. The van der Waals surface area contributed by atoms with Crippen LogP contribution in [0.15, 0.2) is 41.2 Å². The van der Waals surface area contributed by atoms with Crippen LogP contribution in [0.5, 0.6) is 5.75 Å². The van der Waals surface area contributed by atoms with Gasteiger partial charge >= 0.3 is 4.87 Å². The molecule has 1 fully saturated rings. The molecule has 0 spiro atoms. The lowest BCUT2D eigenvalue weighted by molar-refractivity contribution is -0.164. The Morgan fingerprint density at radius 1 is 1.00 bits per heavy atom. The number of rotatable bonds is 9. The van der Waals surface area contributed by atoms with E-state index in [4.69, 9.17) is 0 Å². The maximum absolute atomic E-state index is 11.7. The molecule has 0 saturated carbocycles. The van der Waals surface area contributed by atoms with Gasteiger partial charge in [-0.2, -0.15) is 0 Å². The molecule has 0 bridgehead atoms. The number of halogens is 2. The van der Waals surface area contributed by atoms with Crippen molar-refractivity contribution in [2.24, 2.45) is 0 Å². The number of aromatic amines is 1. The first-order valence-corrected chi connectivity index (χ1v) is 12.5. The van der Waals surface area contributed by atoms with E-state index >= 15 is 0 Å². The van der Waals surface area contributed by atoms with Gasteiger partial charge in [0, 0.05) is 12.1 Å². The fourth-order valence-electron chi connectivity index (χ4n) is 4.51. The van der Waals surface area contributed by atoms with Gasteiger partial charge in [-0.15, -0.1) is 24.8 Å². The lowest BCUT2D eigenvalue weighted by Crippen LogP contribution is -2.38. The standard InChI is InChI=1S/C25H33N3O4S.2ClH/c29-21-9-8-20(23-22(21)27-24(30)33-23)25(31,32)17-26-12-10-18-6-5-7-19(16-18)11-15-28-13-3-1-2-4-14-28;;/h5-9,16,26,29,31-32H,1-4,10-15,17H2,(H,27,30);2*1H. The summed E-state index contributed by atoms with van der Waals surface area (Å²) in [5.41, 5.74) is 2.98. The molecule has 0 unspecified atom stereocenters. The highest BCUT2D eigenvalue weighted by molar-refractivity contribution is 7.16. The Labute approximate surface area is 222 Å². The van der Waals surface area contributed by atoms with E-state index in [1.165, 1.54) is 62.0 Å². The quantitative estimate of drug-likeness (QED) is 0.208. The topological polar surface area (TPSA) is 109 Å². The molecule has 1 saturated heterocycles. The predicted octanol–water partition coefficient (Wildman–Crippen LogP) is 3.53. The number of phenols is 1. The normalized spacial score (nSPS) is 14.8. The second-order valence-electron chi connectivity index (χ2n) is 8.92. The van der Waals surface area contributed by atoms with Crippen LogP contribution >= 0.6 is 36.2 Å². The fraction of sp³-hybridized carbons (Fsp3) is 0.480. The summed E-state index contributed by atoms with van der Waals surface area (Å²) in [6, 6.07) is 11.4. The Kier molecular flexibility index (Phi) is 11.5. The molecule has 0 radical (unpaired) electrons. The van der Waals surface area contributed by atoms with Crippen molar-refractivity contribution in [3.05, 3.63) is 62.8 Å². The number of phenolic OH excluding ortho intramolecular Hbond substituents is 1. The van der Waals surface area contributed by atoms with Gasteiger partial charge in [-0.3, -0.25) is 4.79 Å². The van der Waals surface area contributed by atoms with E-state index in [0.29, 0.717) is 11.2 Å². The van der Waals surface area contributed by atoms with E-state index in [9.17, 15) is 20.1 Å². The third-order valence-electron chi connectivity index (χ3n) is 6.36. The van der Waals surface area contributed by atoms with Crippen LogP contribution in [0.2, 0.25) is 0 Å². The fourth-order valence-corrected chi connectivity index (χ4v) is 5.45. The number of likely N-dealkylation sites (tertiary alicyclic amines) is 1. The SMILES string of the molecule is Cl.Cl.O=c1[nH]c2c(O)ccc(C(O)(O)CNCCc3cccc(CCN4CCCCCC4)c3)c2s1. The zero-order chi connectivity index (χ0) is 23.3. The number of aromatic nitrogens is 1. The number of nitrogens with zero attached hydrogens (tertiary/aromatic N) is 1. The maximum Gasteiger partial charge on any atom is 0.305 e. The van der Waals surface area contributed by atoms with Crippen molar-refractivity contribution in [2.75, 3.05) is 32.7 Å². The summed E-state index contributed by atoms with van der Waals surface area (Å²) in [5, 5.41) is 34.3. The van der Waals surface area contributed by atoms with Gasteiger partial charge in [0.2, 0.25) is 5.79 Å². The molecule has 2 heterocycles.